The van der Waals surface area contributed by atoms with Crippen LogP contribution >= 0.6 is 0 Å². The smallest absolute Gasteiger partial charge is 0.207 e. The van der Waals surface area contributed by atoms with E-state index < -0.39 is 5.92 Å². The molecule has 0 bridgehead atoms. The summed E-state index contributed by atoms with van der Waals surface area (Å²) in [6.45, 7) is 4.35. The molecular weight excluding hydrogens is 194 g/mol. The average Bonchev–Trinajstić information content (AvgIpc) is 2.13. The molecule has 0 spiro atoms. The summed E-state index contributed by atoms with van der Waals surface area (Å²) in [7, 11) is 0. The lowest BCUT2D eigenvalue weighted by atomic mass is 9.72. The minimum Gasteiger partial charge on any atom is -0.207 e. The summed E-state index contributed by atoms with van der Waals surface area (Å²) in [4.78, 5) is 0. The van der Waals surface area contributed by atoms with Crippen LogP contribution in [0.2, 0.25) is 0 Å². The van der Waals surface area contributed by atoms with Gasteiger partial charge in [0.2, 0.25) is 5.92 Å². The van der Waals surface area contributed by atoms with Crippen molar-refractivity contribution < 1.29 is 8.78 Å². The van der Waals surface area contributed by atoms with Crippen molar-refractivity contribution in [1.82, 2.24) is 0 Å². The normalized spacial score (nSPS) is 22.4. The molecule has 2 heteroatoms. The molecule has 0 amide bonds. The standard InChI is InChI=1S/C13H24F2/c1-3-4-5-6-7-8-11(2)12-9-13(14,15)10-12/h11-12H,3-10H2,1-2H3. The fourth-order valence-corrected chi connectivity index (χ4v) is 2.42. The molecule has 0 N–H and O–H groups in total. The van der Waals surface area contributed by atoms with E-state index in [1.807, 2.05) is 0 Å². The van der Waals surface area contributed by atoms with Crippen LogP contribution < -0.4 is 0 Å². The van der Waals surface area contributed by atoms with Crippen molar-refractivity contribution >= 4 is 0 Å². The van der Waals surface area contributed by atoms with Crippen molar-refractivity contribution in [1.29, 1.82) is 0 Å². The minimum absolute atomic E-state index is 0.142. The van der Waals surface area contributed by atoms with Crippen LogP contribution in [-0.4, -0.2) is 5.92 Å². The second-order valence-electron chi connectivity index (χ2n) is 5.20. The first-order chi connectivity index (χ1) is 7.05. The topological polar surface area (TPSA) is 0 Å². The van der Waals surface area contributed by atoms with E-state index in [1.54, 1.807) is 0 Å². The van der Waals surface area contributed by atoms with E-state index in [0.29, 0.717) is 11.8 Å². The molecule has 1 atom stereocenters. The molecule has 1 rings (SSSR count). The summed E-state index contributed by atoms with van der Waals surface area (Å²) in [5, 5.41) is 0. The van der Waals surface area contributed by atoms with Gasteiger partial charge in [0.1, 0.15) is 0 Å². The molecule has 0 aliphatic heterocycles. The summed E-state index contributed by atoms with van der Waals surface area (Å²) in [6, 6.07) is 0. The maximum Gasteiger partial charge on any atom is 0.248 e. The lowest BCUT2D eigenvalue weighted by molar-refractivity contribution is -0.124. The van der Waals surface area contributed by atoms with Crippen molar-refractivity contribution in [2.75, 3.05) is 0 Å². The Balaban J connectivity index is 1.98. The Kier molecular flexibility index (Phi) is 5.01. The number of hydrogen-bond donors (Lipinski definition) is 0. The Hall–Kier alpha value is -0.140. The molecule has 0 heterocycles. The van der Waals surface area contributed by atoms with E-state index in [1.165, 1.54) is 32.1 Å². The third-order valence-electron chi connectivity index (χ3n) is 3.69. The van der Waals surface area contributed by atoms with Gasteiger partial charge >= 0.3 is 0 Å². The van der Waals surface area contributed by atoms with Gasteiger partial charge in [-0.15, -0.1) is 0 Å². The van der Waals surface area contributed by atoms with Crippen LogP contribution in [0.5, 0.6) is 0 Å². The number of alkyl halides is 2. The zero-order chi connectivity index (χ0) is 11.3. The molecule has 0 saturated heterocycles. The van der Waals surface area contributed by atoms with Gasteiger partial charge in [0.05, 0.1) is 0 Å². The summed E-state index contributed by atoms with van der Waals surface area (Å²) >= 11 is 0. The predicted octanol–water partition coefficient (Wildman–Crippen LogP) is 5.03. The largest absolute Gasteiger partial charge is 0.248 e. The quantitative estimate of drug-likeness (QED) is 0.526. The molecular formula is C13H24F2. The van der Waals surface area contributed by atoms with Gasteiger partial charge in [0, 0.05) is 12.8 Å². The molecule has 1 aliphatic rings. The first-order valence-electron chi connectivity index (χ1n) is 6.43. The monoisotopic (exact) mass is 218 g/mol. The number of unbranched alkanes of at least 4 members (excludes halogenated alkanes) is 4. The van der Waals surface area contributed by atoms with Crippen molar-refractivity contribution in [2.45, 2.75) is 71.1 Å². The highest BCUT2D eigenvalue weighted by atomic mass is 19.3. The molecule has 0 radical (unpaired) electrons. The number of hydrogen-bond acceptors (Lipinski definition) is 0. The molecule has 1 saturated carbocycles. The first kappa shape index (κ1) is 12.9. The highest BCUT2D eigenvalue weighted by Crippen LogP contribution is 2.47. The maximum atomic E-state index is 12.6. The lowest BCUT2D eigenvalue weighted by Gasteiger charge is -2.38. The Labute approximate surface area is 92.4 Å². The van der Waals surface area contributed by atoms with Crippen LogP contribution in [0.15, 0.2) is 0 Å². The van der Waals surface area contributed by atoms with Crippen LogP contribution in [0, 0.1) is 11.8 Å². The van der Waals surface area contributed by atoms with Crippen LogP contribution in [0.4, 0.5) is 8.78 Å². The molecule has 90 valence electrons. The number of halogens is 2. The van der Waals surface area contributed by atoms with Crippen molar-refractivity contribution in [3.8, 4) is 0 Å². The second-order valence-corrected chi connectivity index (χ2v) is 5.20. The third kappa shape index (κ3) is 4.48. The molecule has 1 fully saturated rings. The molecule has 1 unspecified atom stereocenters. The summed E-state index contributed by atoms with van der Waals surface area (Å²) in [6.07, 6.45) is 7.82. The van der Waals surface area contributed by atoms with E-state index in [2.05, 4.69) is 13.8 Å². The van der Waals surface area contributed by atoms with Crippen molar-refractivity contribution in [2.24, 2.45) is 11.8 Å². The van der Waals surface area contributed by atoms with Gasteiger partial charge < -0.3 is 0 Å². The van der Waals surface area contributed by atoms with Gasteiger partial charge in [0.25, 0.3) is 0 Å². The molecule has 0 nitrogen and oxygen atoms in total. The third-order valence-corrected chi connectivity index (χ3v) is 3.69. The molecule has 0 aromatic heterocycles. The lowest BCUT2D eigenvalue weighted by Crippen LogP contribution is -2.38. The second kappa shape index (κ2) is 5.81. The van der Waals surface area contributed by atoms with E-state index in [9.17, 15) is 8.78 Å². The Morgan fingerprint density at radius 2 is 1.73 bits per heavy atom. The zero-order valence-corrected chi connectivity index (χ0v) is 10.1. The van der Waals surface area contributed by atoms with E-state index >= 15 is 0 Å². The van der Waals surface area contributed by atoms with Gasteiger partial charge in [-0.2, -0.15) is 0 Å². The maximum absolute atomic E-state index is 12.6. The summed E-state index contributed by atoms with van der Waals surface area (Å²) in [5.74, 6) is -1.53. The Morgan fingerprint density at radius 3 is 2.27 bits per heavy atom. The first-order valence-corrected chi connectivity index (χ1v) is 6.43. The van der Waals surface area contributed by atoms with Crippen LogP contribution in [0.3, 0.4) is 0 Å². The van der Waals surface area contributed by atoms with Crippen LogP contribution in [0.1, 0.15) is 65.2 Å². The van der Waals surface area contributed by atoms with Gasteiger partial charge in [0.15, 0.2) is 0 Å². The van der Waals surface area contributed by atoms with Crippen molar-refractivity contribution in [3.63, 3.8) is 0 Å². The van der Waals surface area contributed by atoms with Crippen LogP contribution in [0.25, 0.3) is 0 Å². The minimum atomic E-state index is -2.33. The Bertz CT molecular complexity index is 169. The van der Waals surface area contributed by atoms with Gasteiger partial charge in [-0.25, -0.2) is 8.78 Å². The van der Waals surface area contributed by atoms with Gasteiger partial charge in [-0.1, -0.05) is 52.4 Å². The predicted molar refractivity (Wildman–Crippen MR) is 60.2 cm³/mol. The number of rotatable bonds is 7. The van der Waals surface area contributed by atoms with E-state index in [4.69, 9.17) is 0 Å². The average molecular weight is 218 g/mol. The molecule has 0 aromatic carbocycles. The fraction of sp³-hybridized carbons (Fsp3) is 1.00. The van der Waals surface area contributed by atoms with E-state index in [-0.39, 0.29) is 12.8 Å². The fourth-order valence-electron chi connectivity index (χ4n) is 2.42. The zero-order valence-electron chi connectivity index (χ0n) is 10.1. The Morgan fingerprint density at radius 1 is 1.13 bits per heavy atom. The van der Waals surface area contributed by atoms with E-state index in [0.717, 1.165) is 6.42 Å². The molecule has 0 aromatic rings. The molecule has 1 aliphatic carbocycles. The van der Waals surface area contributed by atoms with Gasteiger partial charge in [-0.3, -0.25) is 0 Å². The summed E-state index contributed by atoms with van der Waals surface area (Å²) in [5.41, 5.74) is 0. The SMILES string of the molecule is CCCCCCCC(C)C1CC(F)(F)C1. The van der Waals surface area contributed by atoms with Gasteiger partial charge in [-0.05, 0) is 11.8 Å². The highest BCUT2D eigenvalue weighted by molar-refractivity contribution is 4.88. The molecule has 15 heavy (non-hydrogen) atoms. The highest BCUT2D eigenvalue weighted by Gasteiger charge is 2.46. The van der Waals surface area contributed by atoms with Crippen LogP contribution in [-0.2, 0) is 0 Å². The van der Waals surface area contributed by atoms with Crippen molar-refractivity contribution in [3.05, 3.63) is 0 Å². The summed E-state index contributed by atoms with van der Waals surface area (Å²) < 4.78 is 25.3.